The Balaban J connectivity index is 1.31. The van der Waals surface area contributed by atoms with Gasteiger partial charge in [-0.3, -0.25) is 9.69 Å². The molecule has 0 unspecified atom stereocenters. The maximum Gasteiger partial charge on any atom is 0.136 e. The third-order valence-electron chi connectivity index (χ3n) is 11.8. The van der Waals surface area contributed by atoms with Crippen LogP contribution in [-0.4, -0.2) is 51.7 Å². The number of hydrogen-bond acceptors (Lipinski definition) is 4. The summed E-state index contributed by atoms with van der Waals surface area (Å²) >= 11 is 0. The summed E-state index contributed by atoms with van der Waals surface area (Å²) in [5, 5.41) is 22.1. The average molecular weight is 430 g/mol. The lowest BCUT2D eigenvalue weighted by atomic mass is 9.51. The highest BCUT2D eigenvalue weighted by Crippen LogP contribution is 2.66. The Labute approximate surface area is 188 Å². The fourth-order valence-electron chi connectivity index (χ4n) is 10.4. The summed E-state index contributed by atoms with van der Waals surface area (Å²) in [4.78, 5) is 15.9. The lowest BCUT2D eigenvalue weighted by Gasteiger charge is -2.59. The van der Waals surface area contributed by atoms with Crippen LogP contribution in [0.5, 0.6) is 0 Å². The zero-order chi connectivity index (χ0) is 21.7. The molecule has 2 N–H and O–H groups in total. The van der Waals surface area contributed by atoms with E-state index < -0.39 is 5.60 Å². The number of hydrogen-bond donors (Lipinski definition) is 2. The highest BCUT2D eigenvalue weighted by molar-refractivity contribution is 5.83. The van der Waals surface area contributed by atoms with Crippen LogP contribution < -0.4 is 0 Å². The van der Waals surface area contributed by atoms with E-state index in [4.69, 9.17) is 0 Å². The molecule has 6 rings (SSSR count). The van der Waals surface area contributed by atoms with Crippen molar-refractivity contribution in [1.82, 2.24) is 4.90 Å². The molecule has 4 saturated carbocycles. The molecule has 0 aromatic rings. The maximum absolute atomic E-state index is 13.2. The standard InChI is InChI=1S/C27H43NO3/c1-15-4-7-25-27(3,31)21-6-5-17-18(20(21)14-28(25)13-15)11-22-19(17)12-24(30)23-10-16(29)8-9-26(22,23)2/h15-23,25,29,31H,4-14H2,1-3H3/t15-,16+,17-,18-,19+,20+,21-,22+,23-,25+,26-,27+/m1/s1. The molecule has 174 valence electrons. The normalized spacial score (nSPS) is 59.2. The SMILES string of the molecule is C[C@@H]1CC[C@@H]2N(C1)C[C@H]1[C@@H]3C[C@H]4[C@@H](CC(=O)[C@H]5C[C@@H](O)CC[C@@]54C)[C@@H]3CC[C@H]1[C@]2(C)O. The minimum atomic E-state index is -0.570. The predicted molar refractivity (Wildman–Crippen MR) is 120 cm³/mol. The molecule has 0 aromatic carbocycles. The Morgan fingerprint density at radius 3 is 2.52 bits per heavy atom. The number of aliphatic hydroxyl groups excluding tert-OH is 1. The van der Waals surface area contributed by atoms with Crippen molar-refractivity contribution in [3.63, 3.8) is 0 Å². The second-order valence-corrected chi connectivity index (χ2v) is 13.2. The number of carbonyl (C=O) groups excluding carboxylic acids is 1. The number of piperidine rings is 2. The molecule has 0 spiro atoms. The molecule has 0 bridgehead atoms. The molecular formula is C27H43NO3. The summed E-state index contributed by atoms with van der Waals surface area (Å²) in [5.41, 5.74) is -0.482. The average Bonchev–Trinajstić information content (AvgIpc) is 3.09. The third-order valence-corrected chi connectivity index (χ3v) is 11.8. The van der Waals surface area contributed by atoms with Crippen LogP contribution in [0.1, 0.15) is 78.6 Å². The largest absolute Gasteiger partial charge is 0.393 e. The van der Waals surface area contributed by atoms with Crippen molar-refractivity contribution in [3.8, 4) is 0 Å². The first-order valence-electron chi connectivity index (χ1n) is 13.4. The van der Waals surface area contributed by atoms with Crippen molar-refractivity contribution in [1.29, 1.82) is 0 Å². The second-order valence-electron chi connectivity index (χ2n) is 13.2. The number of rotatable bonds is 0. The van der Waals surface area contributed by atoms with Gasteiger partial charge in [0.2, 0.25) is 0 Å². The van der Waals surface area contributed by atoms with Gasteiger partial charge in [-0.05, 0) is 105 Å². The molecule has 6 aliphatic rings. The van der Waals surface area contributed by atoms with Crippen molar-refractivity contribution in [2.75, 3.05) is 13.1 Å². The van der Waals surface area contributed by atoms with Crippen LogP contribution in [-0.2, 0) is 4.79 Å². The predicted octanol–water partition coefficient (Wildman–Crippen LogP) is 3.89. The molecule has 0 aromatic heterocycles. The number of carbonyl (C=O) groups is 1. The van der Waals surface area contributed by atoms with Gasteiger partial charge in [0.25, 0.3) is 0 Å². The van der Waals surface area contributed by atoms with Crippen LogP contribution in [0.2, 0.25) is 0 Å². The highest BCUT2D eigenvalue weighted by atomic mass is 16.3. The maximum atomic E-state index is 13.2. The number of Topliss-reactive ketones (excluding diaryl/α,β-unsaturated/α-hetero) is 1. The van der Waals surface area contributed by atoms with E-state index in [-0.39, 0.29) is 17.4 Å². The summed E-state index contributed by atoms with van der Waals surface area (Å²) in [5.74, 6) is 4.82. The molecule has 2 heterocycles. The van der Waals surface area contributed by atoms with Crippen molar-refractivity contribution in [2.24, 2.45) is 52.8 Å². The molecule has 4 aliphatic carbocycles. The van der Waals surface area contributed by atoms with Crippen molar-refractivity contribution in [3.05, 3.63) is 0 Å². The number of aliphatic hydroxyl groups is 2. The molecular weight excluding hydrogens is 386 g/mol. The van der Waals surface area contributed by atoms with E-state index in [1.807, 2.05) is 0 Å². The van der Waals surface area contributed by atoms with Crippen LogP contribution >= 0.6 is 0 Å². The van der Waals surface area contributed by atoms with Gasteiger partial charge in [0.05, 0.1) is 11.7 Å². The molecule has 4 nitrogen and oxygen atoms in total. The van der Waals surface area contributed by atoms with Crippen LogP contribution in [0.15, 0.2) is 0 Å². The third kappa shape index (κ3) is 2.93. The van der Waals surface area contributed by atoms with E-state index in [1.54, 1.807) is 0 Å². The molecule has 12 atom stereocenters. The minimum Gasteiger partial charge on any atom is -0.393 e. The molecule has 0 amide bonds. The summed E-state index contributed by atoms with van der Waals surface area (Å²) in [7, 11) is 0. The highest BCUT2D eigenvalue weighted by Gasteiger charge is 2.64. The van der Waals surface area contributed by atoms with E-state index >= 15 is 0 Å². The van der Waals surface area contributed by atoms with Gasteiger partial charge < -0.3 is 10.2 Å². The van der Waals surface area contributed by atoms with Gasteiger partial charge in [0, 0.05) is 31.5 Å². The topological polar surface area (TPSA) is 60.8 Å². The van der Waals surface area contributed by atoms with Crippen LogP contribution in [0.4, 0.5) is 0 Å². The van der Waals surface area contributed by atoms with Gasteiger partial charge in [-0.2, -0.15) is 0 Å². The minimum absolute atomic E-state index is 0.0789. The summed E-state index contributed by atoms with van der Waals surface area (Å²) in [6, 6.07) is 0.341. The summed E-state index contributed by atoms with van der Waals surface area (Å²) < 4.78 is 0. The first-order chi connectivity index (χ1) is 14.7. The van der Waals surface area contributed by atoms with E-state index in [9.17, 15) is 15.0 Å². The van der Waals surface area contributed by atoms with Gasteiger partial charge in [-0.15, -0.1) is 0 Å². The van der Waals surface area contributed by atoms with E-state index in [0.717, 1.165) is 44.6 Å². The Hall–Kier alpha value is -0.450. The molecule has 2 saturated heterocycles. The molecule has 31 heavy (non-hydrogen) atoms. The Kier molecular flexibility index (Phi) is 4.78. The number of fused-ring (bicyclic) bond motifs is 8. The van der Waals surface area contributed by atoms with Gasteiger partial charge in [-0.1, -0.05) is 13.8 Å². The molecule has 6 fully saturated rings. The van der Waals surface area contributed by atoms with Gasteiger partial charge >= 0.3 is 0 Å². The lowest BCUT2D eigenvalue weighted by molar-refractivity contribution is -0.175. The quantitative estimate of drug-likeness (QED) is 0.613. The second kappa shape index (κ2) is 7.03. The zero-order valence-corrected chi connectivity index (χ0v) is 19.8. The fraction of sp³-hybridized carbons (Fsp3) is 0.963. The van der Waals surface area contributed by atoms with Crippen molar-refractivity contribution in [2.45, 2.75) is 96.3 Å². The van der Waals surface area contributed by atoms with Gasteiger partial charge in [0.1, 0.15) is 5.78 Å². The van der Waals surface area contributed by atoms with Crippen molar-refractivity contribution >= 4 is 5.78 Å². The van der Waals surface area contributed by atoms with E-state index in [2.05, 4.69) is 25.7 Å². The number of nitrogens with zero attached hydrogens (tertiary/aromatic N) is 1. The summed E-state index contributed by atoms with van der Waals surface area (Å²) in [6.45, 7) is 9.23. The van der Waals surface area contributed by atoms with Gasteiger partial charge in [-0.25, -0.2) is 0 Å². The van der Waals surface area contributed by atoms with Gasteiger partial charge in [0.15, 0.2) is 0 Å². The Bertz CT molecular complexity index is 751. The first-order valence-corrected chi connectivity index (χ1v) is 13.4. The summed E-state index contributed by atoms with van der Waals surface area (Å²) in [6.07, 6.45) is 9.08. The van der Waals surface area contributed by atoms with E-state index in [0.29, 0.717) is 53.8 Å². The lowest BCUT2D eigenvalue weighted by Crippen LogP contribution is -2.67. The fourth-order valence-corrected chi connectivity index (χ4v) is 10.4. The molecule has 0 radical (unpaired) electrons. The molecule has 2 aliphatic heterocycles. The number of ketones is 1. The smallest absolute Gasteiger partial charge is 0.136 e. The molecule has 4 heteroatoms. The van der Waals surface area contributed by atoms with Crippen LogP contribution in [0.3, 0.4) is 0 Å². The first kappa shape index (κ1) is 21.1. The zero-order valence-electron chi connectivity index (χ0n) is 19.8. The van der Waals surface area contributed by atoms with Crippen molar-refractivity contribution < 1.29 is 15.0 Å². The Morgan fingerprint density at radius 1 is 0.903 bits per heavy atom. The monoisotopic (exact) mass is 429 g/mol. The Morgan fingerprint density at radius 2 is 1.71 bits per heavy atom. The van der Waals surface area contributed by atoms with Crippen LogP contribution in [0, 0.1) is 52.8 Å². The van der Waals surface area contributed by atoms with E-state index in [1.165, 1.54) is 25.8 Å². The van der Waals surface area contributed by atoms with Crippen LogP contribution in [0.25, 0.3) is 0 Å².